The zero-order valence-corrected chi connectivity index (χ0v) is 21.0. The van der Waals surface area contributed by atoms with Crippen LogP contribution in [0.15, 0.2) is 18.2 Å². The monoisotopic (exact) mass is 453 g/mol. The van der Waals surface area contributed by atoms with Crippen LogP contribution in [0.25, 0.3) is 0 Å². The van der Waals surface area contributed by atoms with E-state index in [0.29, 0.717) is 35.9 Å². The van der Waals surface area contributed by atoms with E-state index in [9.17, 15) is 9.59 Å². The van der Waals surface area contributed by atoms with E-state index in [1.807, 2.05) is 0 Å². The van der Waals surface area contributed by atoms with Gasteiger partial charge in [0.1, 0.15) is 11.5 Å². The van der Waals surface area contributed by atoms with Crippen molar-refractivity contribution in [1.82, 2.24) is 5.32 Å². The summed E-state index contributed by atoms with van der Waals surface area (Å²) in [6.07, 6.45) is 12.4. The number of benzene rings is 1. The number of carbonyl (C=O) groups is 2. The standard InChI is InChI=1S/C29H43NO3/c1-4-5-17-30-27(32)10-8-6-7-9-21-19-26(31)29(2)16-15-24-23-14-12-22(33-3)18-20(23)11-13-25(24)28(21)29/h12,14,18,21,24-25,28H,4-11,13,15-17,19H2,1-3H3,(H,30,32)/t21-,24-,25-,28+,29-/m1/s1. The number of hydrogen-bond donors (Lipinski definition) is 1. The summed E-state index contributed by atoms with van der Waals surface area (Å²) >= 11 is 0. The summed E-state index contributed by atoms with van der Waals surface area (Å²) in [6, 6.07) is 6.64. The summed E-state index contributed by atoms with van der Waals surface area (Å²) in [5.74, 6) is 3.94. The summed E-state index contributed by atoms with van der Waals surface area (Å²) in [6.45, 7) is 5.22. The number of methoxy groups -OCH3 is 1. The van der Waals surface area contributed by atoms with Crippen molar-refractivity contribution in [3.05, 3.63) is 29.3 Å². The minimum Gasteiger partial charge on any atom is -0.497 e. The van der Waals surface area contributed by atoms with Crippen molar-refractivity contribution in [2.24, 2.45) is 23.2 Å². The molecule has 3 aliphatic carbocycles. The SMILES string of the molecule is CCCCNC(=O)CCCCC[C@@H]1CC(=O)[C@@]2(C)CC[C@@H]3c4ccc(OC)cc4CC[C@H]3[C@H]12. The number of amides is 1. The predicted molar refractivity (Wildman–Crippen MR) is 132 cm³/mol. The molecule has 0 radical (unpaired) electrons. The number of ether oxygens (including phenoxy) is 1. The topological polar surface area (TPSA) is 55.4 Å². The maximum Gasteiger partial charge on any atom is 0.219 e. The van der Waals surface area contributed by atoms with Crippen LogP contribution >= 0.6 is 0 Å². The van der Waals surface area contributed by atoms with E-state index in [-0.39, 0.29) is 11.3 Å². The number of hydrogen-bond acceptors (Lipinski definition) is 3. The van der Waals surface area contributed by atoms with Gasteiger partial charge < -0.3 is 10.1 Å². The summed E-state index contributed by atoms with van der Waals surface area (Å²) in [5.41, 5.74) is 2.85. The van der Waals surface area contributed by atoms with E-state index in [1.165, 1.54) is 17.5 Å². The van der Waals surface area contributed by atoms with Crippen LogP contribution in [-0.4, -0.2) is 25.3 Å². The van der Waals surface area contributed by atoms with Crippen LogP contribution in [0, 0.1) is 23.2 Å². The quantitative estimate of drug-likeness (QED) is 0.428. The first-order chi connectivity index (χ1) is 16.0. The lowest BCUT2D eigenvalue weighted by atomic mass is 9.54. The van der Waals surface area contributed by atoms with Gasteiger partial charge in [0.05, 0.1) is 7.11 Å². The van der Waals surface area contributed by atoms with Crippen molar-refractivity contribution in [3.8, 4) is 5.75 Å². The first-order valence-electron chi connectivity index (χ1n) is 13.4. The van der Waals surface area contributed by atoms with Crippen LogP contribution in [0.5, 0.6) is 5.75 Å². The Balaban J connectivity index is 1.36. The van der Waals surface area contributed by atoms with Gasteiger partial charge in [-0.3, -0.25) is 9.59 Å². The van der Waals surface area contributed by atoms with Gasteiger partial charge in [0.2, 0.25) is 5.91 Å². The molecule has 1 N–H and O–H groups in total. The zero-order chi connectivity index (χ0) is 23.4. The van der Waals surface area contributed by atoms with Gasteiger partial charge in [-0.05, 0) is 91.9 Å². The summed E-state index contributed by atoms with van der Waals surface area (Å²) in [5, 5.41) is 3.02. The minimum atomic E-state index is -0.116. The Morgan fingerprint density at radius 2 is 2.03 bits per heavy atom. The second-order valence-electron chi connectivity index (χ2n) is 11.0. The first-order valence-corrected chi connectivity index (χ1v) is 13.4. The fraction of sp³-hybridized carbons (Fsp3) is 0.724. The first kappa shape index (κ1) is 24.3. The predicted octanol–water partition coefficient (Wildman–Crippen LogP) is 6.21. The number of ketones is 1. The van der Waals surface area contributed by atoms with Crippen LogP contribution in [0.4, 0.5) is 0 Å². The molecule has 0 heterocycles. The van der Waals surface area contributed by atoms with E-state index in [1.54, 1.807) is 7.11 Å². The van der Waals surface area contributed by atoms with Gasteiger partial charge in [-0.1, -0.05) is 39.2 Å². The number of rotatable bonds is 10. The van der Waals surface area contributed by atoms with Gasteiger partial charge >= 0.3 is 0 Å². The molecule has 1 amide bonds. The van der Waals surface area contributed by atoms with Crippen molar-refractivity contribution in [2.75, 3.05) is 13.7 Å². The van der Waals surface area contributed by atoms with Crippen molar-refractivity contribution in [1.29, 1.82) is 0 Å². The number of Topliss-reactive ketones (excluding diaryl/α,β-unsaturated/α-hetero) is 1. The van der Waals surface area contributed by atoms with E-state index in [4.69, 9.17) is 4.74 Å². The molecule has 0 unspecified atom stereocenters. The highest BCUT2D eigenvalue weighted by Crippen LogP contribution is 2.62. The van der Waals surface area contributed by atoms with Crippen LogP contribution < -0.4 is 10.1 Å². The highest BCUT2D eigenvalue weighted by Gasteiger charge is 2.58. The van der Waals surface area contributed by atoms with Crippen LogP contribution in [-0.2, 0) is 16.0 Å². The third-order valence-electron chi connectivity index (χ3n) is 9.11. The fourth-order valence-corrected chi connectivity index (χ4v) is 7.37. The van der Waals surface area contributed by atoms with Crippen molar-refractivity contribution >= 4 is 11.7 Å². The summed E-state index contributed by atoms with van der Waals surface area (Å²) in [7, 11) is 1.74. The molecule has 0 spiro atoms. The van der Waals surface area contributed by atoms with E-state index >= 15 is 0 Å². The van der Waals surface area contributed by atoms with E-state index < -0.39 is 0 Å². The van der Waals surface area contributed by atoms with Crippen molar-refractivity contribution in [3.63, 3.8) is 0 Å². The third-order valence-corrected chi connectivity index (χ3v) is 9.11. The van der Waals surface area contributed by atoms with Crippen LogP contribution in [0.1, 0.15) is 102 Å². The zero-order valence-electron chi connectivity index (χ0n) is 21.0. The molecular weight excluding hydrogens is 410 g/mol. The van der Waals surface area contributed by atoms with Gasteiger partial charge in [0, 0.05) is 24.8 Å². The molecule has 0 bridgehead atoms. The van der Waals surface area contributed by atoms with Gasteiger partial charge in [-0.25, -0.2) is 0 Å². The molecule has 1 aromatic carbocycles. The number of nitrogens with one attached hydrogen (secondary N) is 1. The molecule has 2 saturated carbocycles. The normalized spacial score (nSPS) is 30.3. The molecule has 5 atom stereocenters. The largest absolute Gasteiger partial charge is 0.497 e. The number of aryl methyl sites for hydroxylation is 1. The smallest absolute Gasteiger partial charge is 0.219 e. The van der Waals surface area contributed by atoms with Gasteiger partial charge in [0.25, 0.3) is 0 Å². The molecule has 1 aromatic rings. The van der Waals surface area contributed by atoms with Crippen molar-refractivity contribution < 1.29 is 14.3 Å². The molecule has 33 heavy (non-hydrogen) atoms. The Morgan fingerprint density at radius 1 is 1.18 bits per heavy atom. The van der Waals surface area contributed by atoms with Crippen LogP contribution in [0.3, 0.4) is 0 Å². The molecule has 4 heteroatoms. The van der Waals surface area contributed by atoms with Gasteiger partial charge in [0.15, 0.2) is 0 Å². The molecule has 0 aliphatic heterocycles. The van der Waals surface area contributed by atoms with Gasteiger partial charge in [-0.15, -0.1) is 0 Å². The number of unbranched alkanes of at least 4 members (excludes halogenated alkanes) is 3. The van der Waals surface area contributed by atoms with E-state index in [0.717, 1.165) is 76.5 Å². The minimum absolute atomic E-state index is 0.116. The fourth-order valence-electron chi connectivity index (χ4n) is 7.37. The molecule has 0 saturated heterocycles. The second-order valence-corrected chi connectivity index (χ2v) is 11.0. The molecule has 3 aliphatic rings. The Kier molecular flexibility index (Phi) is 7.81. The summed E-state index contributed by atoms with van der Waals surface area (Å²) < 4.78 is 5.47. The maximum atomic E-state index is 13.2. The number of fused-ring (bicyclic) bond motifs is 5. The molecule has 182 valence electrons. The Labute approximate surface area is 200 Å². The third kappa shape index (κ3) is 5.00. The molecule has 2 fully saturated rings. The average molecular weight is 454 g/mol. The Bertz CT molecular complexity index is 849. The highest BCUT2D eigenvalue weighted by molar-refractivity contribution is 5.87. The number of carbonyl (C=O) groups excluding carboxylic acids is 2. The lowest BCUT2D eigenvalue weighted by Gasteiger charge is -2.50. The van der Waals surface area contributed by atoms with Crippen LogP contribution in [0.2, 0.25) is 0 Å². The van der Waals surface area contributed by atoms with Crippen molar-refractivity contribution in [2.45, 2.75) is 96.8 Å². The maximum absolute atomic E-state index is 13.2. The molecule has 0 aromatic heterocycles. The molecule has 4 nitrogen and oxygen atoms in total. The highest BCUT2D eigenvalue weighted by atomic mass is 16.5. The van der Waals surface area contributed by atoms with E-state index in [2.05, 4.69) is 37.4 Å². The average Bonchev–Trinajstić information content (AvgIpc) is 3.08. The summed E-state index contributed by atoms with van der Waals surface area (Å²) in [4.78, 5) is 25.1. The molecular formula is C29H43NO3. The Hall–Kier alpha value is -1.84. The van der Waals surface area contributed by atoms with Gasteiger partial charge in [-0.2, -0.15) is 0 Å². The Morgan fingerprint density at radius 3 is 2.82 bits per heavy atom. The lowest BCUT2D eigenvalue weighted by Crippen LogP contribution is -2.44. The molecule has 4 rings (SSSR count). The lowest BCUT2D eigenvalue weighted by molar-refractivity contribution is -0.129. The second kappa shape index (κ2) is 10.6.